The number of hydrogen-bond acceptors (Lipinski definition) is 4. The van der Waals surface area contributed by atoms with Gasteiger partial charge in [-0.1, -0.05) is 0 Å². The number of anilines is 1. The molecule has 7 nitrogen and oxygen atoms in total. The van der Waals surface area contributed by atoms with Crippen LogP contribution in [0, 0.1) is 0 Å². The van der Waals surface area contributed by atoms with Gasteiger partial charge in [0.05, 0.1) is 18.8 Å². The zero-order valence-electron chi connectivity index (χ0n) is 11.6. The fourth-order valence-corrected chi connectivity index (χ4v) is 1.77. The number of aromatic nitrogens is 2. The summed E-state index contributed by atoms with van der Waals surface area (Å²) in [6.45, 7) is 1.75. The molecule has 0 aliphatic carbocycles. The molecule has 1 heterocycles. The first-order chi connectivity index (χ1) is 10.1. The first kappa shape index (κ1) is 14.6. The molecular formula is C14H17N5O2. The first-order valence-corrected chi connectivity index (χ1v) is 6.48. The minimum Gasteiger partial charge on any atom is -0.399 e. The molecule has 0 aliphatic heterocycles. The number of nitrogens with zero attached hydrogens (tertiary/aromatic N) is 1. The van der Waals surface area contributed by atoms with Crippen molar-refractivity contribution >= 4 is 17.5 Å². The average molecular weight is 287 g/mol. The molecule has 0 fully saturated rings. The SMILES string of the molecule is CC(NC(=O)CNC(=O)c1ccc(N)cc1)c1cn[nH]c1. The van der Waals surface area contributed by atoms with E-state index < -0.39 is 0 Å². The van der Waals surface area contributed by atoms with E-state index >= 15 is 0 Å². The molecule has 0 saturated heterocycles. The van der Waals surface area contributed by atoms with E-state index in [1.807, 2.05) is 6.92 Å². The first-order valence-electron chi connectivity index (χ1n) is 6.48. The van der Waals surface area contributed by atoms with E-state index in [-0.39, 0.29) is 24.4 Å². The second-order valence-electron chi connectivity index (χ2n) is 4.63. The molecule has 2 amide bonds. The van der Waals surface area contributed by atoms with Gasteiger partial charge in [-0.15, -0.1) is 0 Å². The number of carbonyl (C=O) groups is 2. The zero-order chi connectivity index (χ0) is 15.2. The van der Waals surface area contributed by atoms with Crippen molar-refractivity contribution in [1.82, 2.24) is 20.8 Å². The van der Waals surface area contributed by atoms with Crippen LogP contribution in [0.1, 0.15) is 28.9 Å². The number of aromatic amines is 1. The van der Waals surface area contributed by atoms with Gasteiger partial charge in [-0.2, -0.15) is 5.10 Å². The third-order valence-electron chi connectivity index (χ3n) is 2.98. The normalized spacial score (nSPS) is 11.7. The number of benzene rings is 1. The predicted octanol–water partition coefficient (Wildman–Crippen LogP) is 0.599. The molecule has 0 saturated carbocycles. The third-order valence-corrected chi connectivity index (χ3v) is 2.98. The highest BCUT2D eigenvalue weighted by molar-refractivity contribution is 5.96. The summed E-state index contributed by atoms with van der Waals surface area (Å²) >= 11 is 0. The lowest BCUT2D eigenvalue weighted by atomic mass is 10.2. The summed E-state index contributed by atoms with van der Waals surface area (Å²) in [7, 11) is 0. The van der Waals surface area contributed by atoms with Crippen molar-refractivity contribution in [3.63, 3.8) is 0 Å². The summed E-state index contributed by atoms with van der Waals surface area (Å²) < 4.78 is 0. The molecule has 0 bridgehead atoms. The lowest BCUT2D eigenvalue weighted by molar-refractivity contribution is -0.120. The lowest BCUT2D eigenvalue weighted by Crippen LogP contribution is -2.37. The monoisotopic (exact) mass is 287 g/mol. The van der Waals surface area contributed by atoms with Crippen molar-refractivity contribution in [1.29, 1.82) is 0 Å². The maximum absolute atomic E-state index is 11.8. The van der Waals surface area contributed by atoms with Crippen LogP contribution >= 0.6 is 0 Å². The Balaban J connectivity index is 1.81. The van der Waals surface area contributed by atoms with Crippen LogP contribution < -0.4 is 16.4 Å². The molecule has 1 aromatic carbocycles. The largest absolute Gasteiger partial charge is 0.399 e. The minimum absolute atomic E-state index is 0.0919. The van der Waals surface area contributed by atoms with E-state index in [1.165, 1.54) is 0 Å². The maximum atomic E-state index is 11.8. The highest BCUT2D eigenvalue weighted by Crippen LogP contribution is 2.08. The van der Waals surface area contributed by atoms with Gasteiger partial charge in [0.25, 0.3) is 5.91 Å². The van der Waals surface area contributed by atoms with E-state index in [1.54, 1.807) is 36.7 Å². The van der Waals surface area contributed by atoms with E-state index in [9.17, 15) is 9.59 Å². The molecular weight excluding hydrogens is 270 g/mol. The maximum Gasteiger partial charge on any atom is 0.251 e. The Hall–Kier alpha value is -2.83. The number of amides is 2. The Morgan fingerprint density at radius 3 is 2.67 bits per heavy atom. The van der Waals surface area contributed by atoms with Crippen LogP contribution in [0.3, 0.4) is 0 Å². The molecule has 2 rings (SSSR count). The Morgan fingerprint density at radius 1 is 1.33 bits per heavy atom. The van der Waals surface area contributed by atoms with Gasteiger partial charge in [0.1, 0.15) is 0 Å². The standard InChI is InChI=1S/C14H17N5O2/c1-9(11-6-17-18-7-11)19-13(20)8-16-14(21)10-2-4-12(15)5-3-10/h2-7,9H,8,15H2,1H3,(H,16,21)(H,17,18)(H,19,20). The summed E-state index contributed by atoms with van der Waals surface area (Å²) in [5, 5.41) is 11.8. The van der Waals surface area contributed by atoms with Gasteiger partial charge in [-0.3, -0.25) is 14.7 Å². The van der Waals surface area contributed by atoms with Gasteiger partial charge in [-0.25, -0.2) is 0 Å². The fraction of sp³-hybridized carbons (Fsp3) is 0.214. The molecule has 5 N–H and O–H groups in total. The summed E-state index contributed by atoms with van der Waals surface area (Å²) in [5.74, 6) is -0.589. The number of nitrogen functional groups attached to an aromatic ring is 1. The number of nitrogens with one attached hydrogen (secondary N) is 3. The quantitative estimate of drug-likeness (QED) is 0.603. The summed E-state index contributed by atoms with van der Waals surface area (Å²) in [6, 6.07) is 6.31. The van der Waals surface area contributed by atoms with Crippen molar-refractivity contribution in [3.8, 4) is 0 Å². The Kier molecular flexibility index (Phi) is 4.55. The smallest absolute Gasteiger partial charge is 0.251 e. The van der Waals surface area contributed by atoms with Crippen LogP contribution in [0.15, 0.2) is 36.7 Å². The fourth-order valence-electron chi connectivity index (χ4n) is 1.77. The number of rotatable bonds is 5. The molecule has 21 heavy (non-hydrogen) atoms. The Bertz CT molecular complexity index is 607. The van der Waals surface area contributed by atoms with Crippen LogP contribution in [-0.4, -0.2) is 28.6 Å². The highest BCUT2D eigenvalue weighted by atomic mass is 16.2. The van der Waals surface area contributed by atoms with Crippen LogP contribution in [0.25, 0.3) is 0 Å². The van der Waals surface area contributed by atoms with Crippen LogP contribution in [-0.2, 0) is 4.79 Å². The second-order valence-corrected chi connectivity index (χ2v) is 4.63. The summed E-state index contributed by atoms with van der Waals surface area (Å²) in [5.41, 5.74) is 7.46. The van der Waals surface area contributed by atoms with Crippen LogP contribution in [0.4, 0.5) is 5.69 Å². The van der Waals surface area contributed by atoms with Gasteiger partial charge in [-0.05, 0) is 31.2 Å². The molecule has 7 heteroatoms. The van der Waals surface area contributed by atoms with E-state index in [0.29, 0.717) is 11.3 Å². The minimum atomic E-state index is -0.318. The number of carbonyl (C=O) groups excluding carboxylic acids is 2. The summed E-state index contributed by atoms with van der Waals surface area (Å²) in [6.07, 6.45) is 3.34. The summed E-state index contributed by atoms with van der Waals surface area (Å²) in [4.78, 5) is 23.6. The van der Waals surface area contributed by atoms with Crippen molar-refractivity contribution in [2.75, 3.05) is 12.3 Å². The number of H-pyrrole nitrogens is 1. The molecule has 1 aromatic heterocycles. The Labute approximate surface area is 121 Å². The second kappa shape index (κ2) is 6.56. The van der Waals surface area contributed by atoms with Crippen LogP contribution in [0.5, 0.6) is 0 Å². The molecule has 1 atom stereocenters. The zero-order valence-corrected chi connectivity index (χ0v) is 11.6. The third kappa shape index (κ3) is 4.07. The van der Waals surface area contributed by atoms with Crippen molar-refractivity contribution in [2.24, 2.45) is 0 Å². The van der Waals surface area contributed by atoms with Gasteiger partial charge in [0, 0.05) is 23.0 Å². The Morgan fingerprint density at radius 2 is 2.05 bits per heavy atom. The lowest BCUT2D eigenvalue weighted by Gasteiger charge is -2.12. The van der Waals surface area contributed by atoms with Crippen molar-refractivity contribution in [3.05, 3.63) is 47.8 Å². The molecule has 0 aliphatic rings. The number of nitrogens with two attached hydrogens (primary N) is 1. The van der Waals surface area contributed by atoms with Crippen molar-refractivity contribution in [2.45, 2.75) is 13.0 Å². The molecule has 2 aromatic rings. The predicted molar refractivity (Wildman–Crippen MR) is 78.3 cm³/mol. The molecule has 0 spiro atoms. The van der Waals surface area contributed by atoms with Gasteiger partial charge in [0.15, 0.2) is 0 Å². The van der Waals surface area contributed by atoms with Gasteiger partial charge in [0.2, 0.25) is 5.91 Å². The van der Waals surface area contributed by atoms with E-state index in [0.717, 1.165) is 5.56 Å². The van der Waals surface area contributed by atoms with E-state index in [4.69, 9.17) is 5.73 Å². The molecule has 0 radical (unpaired) electrons. The van der Waals surface area contributed by atoms with Gasteiger partial charge >= 0.3 is 0 Å². The average Bonchev–Trinajstić information content (AvgIpc) is 3.00. The molecule has 1 unspecified atom stereocenters. The van der Waals surface area contributed by atoms with E-state index in [2.05, 4.69) is 20.8 Å². The van der Waals surface area contributed by atoms with Gasteiger partial charge < -0.3 is 16.4 Å². The number of hydrogen-bond donors (Lipinski definition) is 4. The van der Waals surface area contributed by atoms with Crippen LogP contribution in [0.2, 0.25) is 0 Å². The highest BCUT2D eigenvalue weighted by Gasteiger charge is 2.12. The van der Waals surface area contributed by atoms with Crippen molar-refractivity contribution < 1.29 is 9.59 Å². The molecule has 110 valence electrons. The topological polar surface area (TPSA) is 113 Å².